The molecule has 1 unspecified atom stereocenters. The van der Waals surface area contributed by atoms with E-state index in [1.165, 1.54) is 0 Å². The molecular formula is C16H24BrNO3. The molecule has 2 rings (SSSR count). The molecule has 0 aromatic heterocycles. The first-order valence-corrected chi connectivity index (χ1v) is 8.17. The summed E-state index contributed by atoms with van der Waals surface area (Å²) in [7, 11) is 3.30. The molecule has 1 aromatic carbocycles. The largest absolute Gasteiger partial charge is 0.495 e. The van der Waals surface area contributed by atoms with E-state index >= 15 is 0 Å². The monoisotopic (exact) mass is 357 g/mol. The summed E-state index contributed by atoms with van der Waals surface area (Å²) in [5.74, 6) is 2.16. The summed E-state index contributed by atoms with van der Waals surface area (Å²) < 4.78 is 17.2. The molecule has 1 atom stereocenters. The number of halogens is 1. The van der Waals surface area contributed by atoms with Crippen LogP contribution in [0.4, 0.5) is 0 Å². The Morgan fingerprint density at radius 3 is 2.57 bits per heavy atom. The fourth-order valence-corrected chi connectivity index (χ4v) is 3.62. The Morgan fingerprint density at radius 1 is 1.29 bits per heavy atom. The first kappa shape index (κ1) is 16.6. The van der Waals surface area contributed by atoms with Gasteiger partial charge in [0.2, 0.25) is 0 Å². The van der Waals surface area contributed by atoms with Gasteiger partial charge in [0.15, 0.2) is 0 Å². The number of rotatable bonds is 7. The second-order valence-electron chi connectivity index (χ2n) is 5.46. The van der Waals surface area contributed by atoms with Crippen LogP contribution in [0.5, 0.6) is 11.5 Å². The molecule has 1 aromatic rings. The zero-order valence-electron chi connectivity index (χ0n) is 12.9. The second-order valence-corrected chi connectivity index (χ2v) is 6.25. The lowest BCUT2D eigenvalue weighted by atomic mass is 9.77. The molecule has 4 nitrogen and oxygen atoms in total. The predicted octanol–water partition coefficient (Wildman–Crippen LogP) is 3.67. The molecule has 1 aliphatic carbocycles. The van der Waals surface area contributed by atoms with Gasteiger partial charge in [-0.25, -0.2) is 0 Å². The summed E-state index contributed by atoms with van der Waals surface area (Å²) >= 11 is 3.52. The molecule has 5 heteroatoms. The van der Waals surface area contributed by atoms with Gasteiger partial charge in [-0.1, -0.05) is 0 Å². The van der Waals surface area contributed by atoms with Crippen LogP contribution >= 0.6 is 15.9 Å². The third kappa shape index (κ3) is 3.71. The van der Waals surface area contributed by atoms with Gasteiger partial charge >= 0.3 is 0 Å². The highest BCUT2D eigenvalue weighted by Crippen LogP contribution is 2.42. The van der Waals surface area contributed by atoms with E-state index in [1.54, 1.807) is 14.2 Å². The quantitative estimate of drug-likeness (QED) is 0.808. The second kappa shape index (κ2) is 7.47. The molecule has 1 aliphatic rings. The predicted molar refractivity (Wildman–Crippen MR) is 86.9 cm³/mol. The highest BCUT2D eigenvalue weighted by molar-refractivity contribution is 9.10. The number of benzene rings is 1. The molecule has 0 aliphatic heterocycles. The molecule has 0 spiro atoms. The molecule has 2 N–H and O–H groups in total. The summed E-state index contributed by atoms with van der Waals surface area (Å²) in [6.45, 7) is 2.83. The number of hydrogen-bond acceptors (Lipinski definition) is 4. The van der Waals surface area contributed by atoms with Crippen molar-refractivity contribution < 1.29 is 14.2 Å². The molecule has 21 heavy (non-hydrogen) atoms. The molecule has 0 heterocycles. The van der Waals surface area contributed by atoms with Gasteiger partial charge in [-0.05, 0) is 60.2 Å². The Labute approximate surface area is 135 Å². The van der Waals surface area contributed by atoms with Crippen molar-refractivity contribution in [3.05, 3.63) is 22.2 Å². The summed E-state index contributed by atoms with van der Waals surface area (Å²) in [4.78, 5) is 0. The fourth-order valence-electron chi connectivity index (χ4n) is 2.93. The molecule has 0 radical (unpaired) electrons. The van der Waals surface area contributed by atoms with Crippen LogP contribution in [0.3, 0.4) is 0 Å². The van der Waals surface area contributed by atoms with Gasteiger partial charge in [0.25, 0.3) is 0 Å². The van der Waals surface area contributed by atoms with Gasteiger partial charge in [0.1, 0.15) is 16.0 Å². The van der Waals surface area contributed by atoms with E-state index < -0.39 is 0 Å². The maximum Gasteiger partial charge on any atom is 0.141 e. The lowest BCUT2D eigenvalue weighted by molar-refractivity contribution is -0.0282. The lowest BCUT2D eigenvalue weighted by Gasteiger charge is -2.36. The zero-order valence-corrected chi connectivity index (χ0v) is 14.5. The summed E-state index contributed by atoms with van der Waals surface area (Å²) in [6, 6.07) is 3.88. The van der Waals surface area contributed by atoms with Crippen molar-refractivity contribution >= 4 is 15.9 Å². The minimum atomic E-state index is -0.0327. The van der Waals surface area contributed by atoms with Crippen LogP contribution in [0.2, 0.25) is 0 Å². The van der Waals surface area contributed by atoms with Crippen molar-refractivity contribution in [1.82, 2.24) is 0 Å². The van der Waals surface area contributed by atoms with Gasteiger partial charge in [0.05, 0.1) is 20.3 Å². The molecule has 0 saturated heterocycles. The maximum atomic E-state index is 6.38. The van der Waals surface area contributed by atoms with Crippen molar-refractivity contribution in [2.24, 2.45) is 11.7 Å². The van der Waals surface area contributed by atoms with E-state index in [0.717, 1.165) is 47.4 Å². The minimum Gasteiger partial charge on any atom is -0.495 e. The molecule has 1 saturated carbocycles. The third-order valence-corrected chi connectivity index (χ3v) is 4.85. The van der Waals surface area contributed by atoms with E-state index in [-0.39, 0.29) is 6.04 Å². The SMILES string of the molecule is CCOC1CC(CC(N)c2ccc(OC)c(Br)c2OC)C1. The minimum absolute atomic E-state index is 0.0327. The van der Waals surface area contributed by atoms with Crippen LogP contribution in [0.25, 0.3) is 0 Å². The van der Waals surface area contributed by atoms with Crippen molar-refractivity contribution in [2.45, 2.75) is 38.3 Å². The highest BCUT2D eigenvalue weighted by Gasteiger charge is 2.31. The summed E-state index contributed by atoms with van der Waals surface area (Å²) in [5, 5.41) is 0. The number of methoxy groups -OCH3 is 2. The normalized spacial score (nSPS) is 22.5. The average molecular weight is 358 g/mol. The number of nitrogens with two attached hydrogens (primary N) is 1. The van der Waals surface area contributed by atoms with Crippen molar-refractivity contribution in [1.29, 1.82) is 0 Å². The van der Waals surface area contributed by atoms with Crippen LogP contribution in [-0.2, 0) is 4.74 Å². The number of hydrogen-bond donors (Lipinski definition) is 1. The van der Waals surface area contributed by atoms with Crippen molar-refractivity contribution in [2.75, 3.05) is 20.8 Å². The first-order chi connectivity index (χ1) is 10.1. The Morgan fingerprint density at radius 2 is 2.00 bits per heavy atom. The van der Waals surface area contributed by atoms with Gasteiger partial charge in [-0.2, -0.15) is 0 Å². The van der Waals surface area contributed by atoms with E-state index in [1.807, 2.05) is 19.1 Å². The maximum absolute atomic E-state index is 6.38. The van der Waals surface area contributed by atoms with Crippen LogP contribution in [0, 0.1) is 5.92 Å². The molecule has 0 bridgehead atoms. The highest BCUT2D eigenvalue weighted by atomic mass is 79.9. The smallest absolute Gasteiger partial charge is 0.141 e. The van der Waals surface area contributed by atoms with Gasteiger partial charge in [-0.15, -0.1) is 0 Å². The lowest BCUT2D eigenvalue weighted by Crippen LogP contribution is -2.33. The Balaban J connectivity index is 2.03. The average Bonchev–Trinajstić information content (AvgIpc) is 2.44. The fraction of sp³-hybridized carbons (Fsp3) is 0.625. The molecule has 0 amide bonds. The van der Waals surface area contributed by atoms with Gasteiger partial charge < -0.3 is 19.9 Å². The molecule has 1 fully saturated rings. The molecular weight excluding hydrogens is 334 g/mol. The van der Waals surface area contributed by atoms with Crippen LogP contribution in [0.15, 0.2) is 16.6 Å². The van der Waals surface area contributed by atoms with E-state index in [2.05, 4.69) is 15.9 Å². The first-order valence-electron chi connectivity index (χ1n) is 7.38. The standard InChI is InChI=1S/C16H24BrNO3/c1-4-21-11-7-10(8-11)9-13(18)12-5-6-14(19-2)15(17)16(12)20-3/h5-6,10-11,13H,4,7-9,18H2,1-3H3. The third-order valence-electron chi connectivity index (χ3n) is 4.10. The van der Waals surface area contributed by atoms with Crippen molar-refractivity contribution in [3.63, 3.8) is 0 Å². The van der Waals surface area contributed by atoms with Crippen LogP contribution in [-0.4, -0.2) is 26.9 Å². The van der Waals surface area contributed by atoms with Gasteiger partial charge in [-0.3, -0.25) is 0 Å². The summed E-state index contributed by atoms with van der Waals surface area (Å²) in [6.07, 6.45) is 3.61. The Kier molecular flexibility index (Phi) is 5.90. The van der Waals surface area contributed by atoms with Crippen LogP contribution in [0.1, 0.15) is 37.8 Å². The van der Waals surface area contributed by atoms with E-state index in [0.29, 0.717) is 12.0 Å². The topological polar surface area (TPSA) is 53.7 Å². The Hall–Kier alpha value is -0.780. The zero-order chi connectivity index (χ0) is 15.4. The van der Waals surface area contributed by atoms with Crippen molar-refractivity contribution in [3.8, 4) is 11.5 Å². The van der Waals surface area contributed by atoms with Gasteiger partial charge in [0, 0.05) is 18.2 Å². The molecule has 118 valence electrons. The van der Waals surface area contributed by atoms with E-state index in [9.17, 15) is 0 Å². The Bertz CT molecular complexity index is 475. The van der Waals surface area contributed by atoms with E-state index in [4.69, 9.17) is 19.9 Å². The van der Waals surface area contributed by atoms with Crippen LogP contribution < -0.4 is 15.2 Å². The number of ether oxygens (including phenoxy) is 3. The summed E-state index contributed by atoms with van der Waals surface area (Å²) in [5.41, 5.74) is 7.40.